The number of hydrogen-bond donors (Lipinski definition) is 0. The highest BCUT2D eigenvalue weighted by atomic mass is 35.5. The topological polar surface area (TPSA) is 52.6 Å². The van der Waals surface area contributed by atoms with Crippen LogP contribution in [0.25, 0.3) is 10.8 Å². The molecule has 0 aromatic heterocycles. The van der Waals surface area contributed by atoms with Crippen molar-refractivity contribution < 1.29 is 19.1 Å². The van der Waals surface area contributed by atoms with E-state index in [0.717, 1.165) is 22.9 Å². The van der Waals surface area contributed by atoms with Crippen molar-refractivity contribution in [3.8, 4) is 11.5 Å². The van der Waals surface area contributed by atoms with E-state index in [1.54, 1.807) is 24.3 Å². The van der Waals surface area contributed by atoms with Crippen LogP contribution in [0.1, 0.15) is 0 Å². The summed E-state index contributed by atoms with van der Waals surface area (Å²) in [6, 6.07) is 17.5. The minimum absolute atomic E-state index is 0.108. The molecule has 0 aliphatic heterocycles. The number of carbonyl (C=O) groups is 2. The molecule has 26 heavy (non-hydrogen) atoms. The lowest BCUT2D eigenvalue weighted by atomic mass is 10.1. The van der Waals surface area contributed by atoms with Crippen LogP contribution in [0.3, 0.4) is 0 Å². The highest BCUT2D eigenvalue weighted by Gasteiger charge is 2.10. The van der Waals surface area contributed by atoms with Crippen LogP contribution in [0.2, 0.25) is 10.0 Å². The Kier molecular flexibility index (Phi) is 5.56. The second kappa shape index (κ2) is 8.04. The molecule has 3 rings (SSSR count). The summed E-state index contributed by atoms with van der Waals surface area (Å²) in [5.74, 6) is -0.959. The van der Waals surface area contributed by atoms with E-state index in [9.17, 15) is 9.59 Å². The molecule has 0 fully saturated rings. The third-order valence-electron chi connectivity index (χ3n) is 3.44. The van der Waals surface area contributed by atoms with Crippen LogP contribution < -0.4 is 9.47 Å². The van der Waals surface area contributed by atoms with Gasteiger partial charge in [0.15, 0.2) is 5.75 Å². The molecule has 3 aromatic rings. The zero-order valence-electron chi connectivity index (χ0n) is 13.3. The predicted molar refractivity (Wildman–Crippen MR) is 101 cm³/mol. The SMILES string of the molecule is O=C(/C=C/C(=O)Oc1cccc2ccccc12)Oc1cccc(Cl)c1Cl. The fraction of sp³-hybridized carbons (Fsp3) is 0. The van der Waals surface area contributed by atoms with Crippen LogP contribution in [-0.2, 0) is 9.59 Å². The van der Waals surface area contributed by atoms with Gasteiger partial charge in [-0.15, -0.1) is 0 Å². The maximum Gasteiger partial charge on any atom is 0.336 e. The zero-order valence-corrected chi connectivity index (χ0v) is 14.8. The predicted octanol–water partition coefficient (Wildman–Crippen LogP) is 5.21. The smallest absolute Gasteiger partial charge is 0.336 e. The average Bonchev–Trinajstić information content (AvgIpc) is 2.64. The highest BCUT2D eigenvalue weighted by molar-refractivity contribution is 6.43. The number of rotatable bonds is 4. The Hall–Kier alpha value is -2.82. The van der Waals surface area contributed by atoms with Crippen molar-refractivity contribution in [1.29, 1.82) is 0 Å². The van der Waals surface area contributed by atoms with Gasteiger partial charge in [-0.1, -0.05) is 65.7 Å². The number of carbonyl (C=O) groups excluding carboxylic acids is 2. The molecule has 0 unspecified atom stereocenters. The van der Waals surface area contributed by atoms with E-state index < -0.39 is 11.9 Å². The monoisotopic (exact) mass is 386 g/mol. The molecule has 0 atom stereocenters. The van der Waals surface area contributed by atoms with E-state index >= 15 is 0 Å². The number of esters is 2. The van der Waals surface area contributed by atoms with Gasteiger partial charge < -0.3 is 9.47 Å². The Morgan fingerprint density at radius 1 is 0.731 bits per heavy atom. The van der Waals surface area contributed by atoms with E-state index in [1.807, 2.05) is 30.3 Å². The second-order valence-corrected chi connectivity index (χ2v) is 5.99. The maximum atomic E-state index is 12.0. The summed E-state index contributed by atoms with van der Waals surface area (Å²) in [4.78, 5) is 23.8. The van der Waals surface area contributed by atoms with Gasteiger partial charge in [0.2, 0.25) is 0 Å². The molecule has 130 valence electrons. The molecular formula is C20H12Cl2O4. The Balaban J connectivity index is 1.67. The molecule has 0 aliphatic rings. The number of fused-ring (bicyclic) bond motifs is 1. The lowest BCUT2D eigenvalue weighted by Crippen LogP contribution is -2.08. The van der Waals surface area contributed by atoms with Gasteiger partial charge in [0, 0.05) is 17.5 Å². The lowest BCUT2D eigenvalue weighted by molar-refractivity contribution is -0.131. The first-order valence-electron chi connectivity index (χ1n) is 7.58. The first-order valence-corrected chi connectivity index (χ1v) is 8.33. The molecular weight excluding hydrogens is 375 g/mol. The second-order valence-electron chi connectivity index (χ2n) is 5.20. The number of ether oxygens (including phenoxy) is 2. The summed E-state index contributed by atoms with van der Waals surface area (Å²) < 4.78 is 10.3. The van der Waals surface area contributed by atoms with Crippen LogP contribution in [0.5, 0.6) is 11.5 Å². The van der Waals surface area contributed by atoms with Gasteiger partial charge >= 0.3 is 11.9 Å². The molecule has 0 saturated heterocycles. The standard InChI is InChI=1S/C20H12Cl2O4/c21-15-8-4-10-17(20(15)22)26-19(24)12-11-18(23)25-16-9-3-6-13-5-1-2-7-14(13)16/h1-12H/b12-11+. The number of benzene rings is 3. The van der Waals surface area contributed by atoms with Crippen molar-refractivity contribution in [2.45, 2.75) is 0 Å². The summed E-state index contributed by atoms with van der Waals surface area (Å²) >= 11 is 11.8. The third kappa shape index (κ3) is 4.23. The van der Waals surface area contributed by atoms with E-state index in [-0.39, 0.29) is 15.8 Å². The fourth-order valence-corrected chi connectivity index (χ4v) is 2.60. The van der Waals surface area contributed by atoms with Crippen molar-refractivity contribution in [2.75, 3.05) is 0 Å². The van der Waals surface area contributed by atoms with Crippen LogP contribution in [0, 0.1) is 0 Å². The lowest BCUT2D eigenvalue weighted by Gasteiger charge is -2.06. The van der Waals surface area contributed by atoms with E-state index in [0.29, 0.717) is 5.75 Å². The summed E-state index contributed by atoms with van der Waals surface area (Å²) in [6.07, 6.45) is 1.95. The first-order chi connectivity index (χ1) is 12.5. The minimum atomic E-state index is -0.774. The third-order valence-corrected chi connectivity index (χ3v) is 4.24. The molecule has 0 radical (unpaired) electrons. The average molecular weight is 387 g/mol. The fourth-order valence-electron chi connectivity index (χ4n) is 2.27. The molecule has 0 spiro atoms. The molecule has 0 amide bonds. The Labute approximate surface area is 159 Å². The summed E-state index contributed by atoms with van der Waals surface area (Å²) in [7, 11) is 0. The zero-order chi connectivity index (χ0) is 18.5. The van der Waals surface area contributed by atoms with E-state index in [2.05, 4.69) is 0 Å². The van der Waals surface area contributed by atoms with Gasteiger partial charge in [-0.25, -0.2) is 9.59 Å². The molecule has 4 nitrogen and oxygen atoms in total. The quantitative estimate of drug-likeness (QED) is 0.350. The number of halogens is 2. The van der Waals surface area contributed by atoms with Crippen LogP contribution in [0.15, 0.2) is 72.8 Å². The minimum Gasteiger partial charge on any atom is -0.423 e. The van der Waals surface area contributed by atoms with Crippen molar-refractivity contribution in [3.63, 3.8) is 0 Å². The summed E-state index contributed by atoms with van der Waals surface area (Å²) in [6.45, 7) is 0. The summed E-state index contributed by atoms with van der Waals surface area (Å²) in [5.41, 5.74) is 0. The largest absolute Gasteiger partial charge is 0.423 e. The van der Waals surface area contributed by atoms with Crippen molar-refractivity contribution in [2.24, 2.45) is 0 Å². The van der Waals surface area contributed by atoms with Crippen LogP contribution >= 0.6 is 23.2 Å². The van der Waals surface area contributed by atoms with Crippen molar-refractivity contribution in [1.82, 2.24) is 0 Å². The Bertz CT molecular complexity index is 1010. The molecule has 6 heteroatoms. The van der Waals surface area contributed by atoms with Crippen LogP contribution in [-0.4, -0.2) is 11.9 Å². The molecule has 0 bridgehead atoms. The maximum absolute atomic E-state index is 12.0. The van der Waals surface area contributed by atoms with Crippen molar-refractivity contribution in [3.05, 3.63) is 82.9 Å². The van der Waals surface area contributed by atoms with E-state index in [1.165, 1.54) is 6.07 Å². The Morgan fingerprint density at radius 3 is 2.08 bits per heavy atom. The van der Waals surface area contributed by atoms with Gasteiger partial charge in [-0.3, -0.25) is 0 Å². The molecule has 0 N–H and O–H groups in total. The highest BCUT2D eigenvalue weighted by Crippen LogP contribution is 2.31. The molecule has 3 aromatic carbocycles. The Morgan fingerprint density at radius 2 is 1.31 bits per heavy atom. The normalized spacial score (nSPS) is 10.8. The van der Waals surface area contributed by atoms with Crippen molar-refractivity contribution >= 4 is 45.9 Å². The van der Waals surface area contributed by atoms with E-state index in [4.69, 9.17) is 32.7 Å². The van der Waals surface area contributed by atoms with Gasteiger partial charge in [-0.2, -0.15) is 0 Å². The van der Waals surface area contributed by atoms with Gasteiger partial charge in [0.25, 0.3) is 0 Å². The van der Waals surface area contributed by atoms with Gasteiger partial charge in [-0.05, 0) is 23.6 Å². The first kappa shape index (κ1) is 18.0. The number of hydrogen-bond acceptors (Lipinski definition) is 4. The molecule has 0 heterocycles. The van der Waals surface area contributed by atoms with Gasteiger partial charge in [0.05, 0.1) is 5.02 Å². The summed E-state index contributed by atoms with van der Waals surface area (Å²) in [5, 5.41) is 2.12. The van der Waals surface area contributed by atoms with Crippen LogP contribution in [0.4, 0.5) is 0 Å². The molecule has 0 saturated carbocycles. The van der Waals surface area contributed by atoms with Gasteiger partial charge in [0.1, 0.15) is 10.8 Å². The molecule has 0 aliphatic carbocycles.